The van der Waals surface area contributed by atoms with Crippen LogP contribution in [-0.2, 0) is 22.7 Å². The van der Waals surface area contributed by atoms with Gasteiger partial charge in [0.2, 0.25) is 11.8 Å². The van der Waals surface area contributed by atoms with Gasteiger partial charge in [0.05, 0.1) is 13.1 Å². The van der Waals surface area contributed by atoms with Gasteiger partial charge >= 0.3 is 6.03 Å². The molecule has 2 aliphatic rings. The second-order valence-corrected chi connectivity index (χ2v) is 9.75. The second kappa shape index (κ2) is 10.6. The van der Waals surface area contributed by atoms with Gasteiger partial charge in [-0.3, -0.25) is 9.59 Å². The zero-order chi connectivity index (χ0) is 25.9. The van der Waals surface area contributed by atoms with Crippen LogP contribution in [0, 0.1) is 0 Å². The maximum absolute atomic E-state index is 13.7. The fraction of sp³-hybridized carbons (Fsp3) is 0.345. The molecule has 2 saturated heterocycles. The summed E-state index contributed by atoms with van der Waals surface area (Å²) < 4.78 is 0. The average molecular weight is 500 g/mol. The molecule has 2 atom stereocenters. The summed E-state index contributed by atoms with van der Waals surface area (Å²) in [5.74, 6) is -0.190. The molecule has 2 fully saturated rings. The molecule has 8 nitrogen and oxygen atoms in total. The molecule has 2 heterocycles. The van der Waals surface area contributed by atoms with E-state index in [4.69, 9.17) is 0 Å². The number of fused-ring (bicyclic) bond motifs is 2. The summed E-state index contributed by atoms with van der Waals surface area (Å²) in [4.78, 5) is 43.9. The Morgan fingerprint density at radius 2 is 1.70 bits per heavy atom. The van der Waals surface area contributed by atoms with Crippen molar-refractivity contribution in [3.63, 3.8) is 0 Å². The Balaban J connectivity index is 1.44. The molecule has 8 heteroatoms. The van der Waals surface area contributed by atoms with Gasteiger partial charge in [-0.1, -0.05) is 86.1 Å². The molecule has 4 amide bonds. The molecule has 0 bridgehead atoms. The average Bonchev–Trinajstić information content (AvgIpc) is 2.90. The Hall–Kier alpha value is -3.91. The SMILES string of the molecule is CCC[C@H]1C(=O)N(Cc2cccc3ccccc23)CC2N1C(=O)CN(C)N2C(=O)NCc1ccccc1. The molecule has 1 N–H and O–H groups in total. The Morgan fingerprint density at radius 3 is 2.49 bits per heavy atom. The summed E-state index contributed by atoms with van der Waals surface area (Å²) in [6.45, 7) is 3.10. The van der Waals surface area contributed by atoms with E-state index in [0.717, 1.165) is 28.3 Å². The molecule has 0 spiro atoms. The molecule has 3 aromatic rings. The molecule has 5 rings (SSSR count). The lowest BCUT2D eigenvalue weighted by Gasteiger charge is -2.54. The van der Waals surface area contributed by atoms with Crippen molar-refractivity contribution in [1.82, 2.24) is 25.1 Å². The van der Waals surface area contributed by atoms with Crippen LogP contribution in [0.15, 0.2) is 72.8 Å². The maximum Gasteiger partial charge on any atom is 0.334 e. The van der Waals surface area contributed by atoms with Crippen LogP contribution in [0.3, 0.4) is 0 Å². The van der Waals surface area contributed by atoms with Crippen LogP contribution in [0.4, 0.5) is 4.79 Å². The number of hydrogen-bond donors (Lipinski definition) is 1. The van der Waals surface area contributed by atoms with Gasteiger partial charge in [0.1, 0.15) is 12.2 Å². The van der Waals surface area contributed by atoms with Crippen molar-refractivity contribution in [2.24, 2.45) is 0 Å². The number of nitrogens with zero attached hydrogens (tertiary/aromatic N) is 4. The van der Waals surface area contributed by atoms with Crippen LogP contribution in [0.2, 0.25) is 0 Å². The third-order valence-electron chi connectivity index (χ3n) is 7.24. The van der Waals surface area contributed by atoms with E-state index in [1.54, 1.807) is 22.0 Å². The van der Waals surface area contributed by atoms with Crippen molar-refractivity contribution in [2.45, 2.75) is 45.1 Å². The van der Waals surface area contributed by atoms with Crippen LogP contribution < -0.4 is 5.32 Å². The highest BCUT2D eigenvalue weighted by Gasteiger charge is 2.50. The number of piperazine rings is 1. The monoisotopic (exact) mass is 499 g/mol. The fourth-order valence-electron chi connectivity index (χ4n) is 5.49. The standard InChI is InChI=1S/C29H33N5O3/c1-3-10-25-28(36)32(18-23-15-9-14-22-13-7-8-16-24(22)23)19-26-33(25)27(35)20-31(2)34(26)29(37)30-17-21-11-5-4-6-12-21/h4-9,11-16,25-26H,3,10,17-20H2,1-2H3,(H,30,37)/t25-,26?/m0/s1. The number of benzene rings is 3. The first-order chi connectivity index (χ1) is 18.0. The van der Waals surface area contributed by atoms with E-state index in [9.17, 15) is 14.4 Å². The summed E-state index contributed by atoms with van der Waals surface area (Å²) in [5.41, 5.74) is 2.04. The van der Waals surface area contributed by atoms with E-state index in [1.165, 1.54) is 0 Å². The van der Waals surface area contributed by atoms with Gasteiger partial charge < -0.3 is 15.1 Å². The number of likely N-dealkylation sites (N-methyl/N-ethyl adjacent to an activating group) is 1. The van der Waals surface area contributed by atoms with Gasteiger partial charge in [-0.25, -0.2) is 14.8 Å². The highest BCUT2D eigenvalue weighted by Crippen LogP contribution is 2.30. The Morgan fingerprint density at radius 1 is 0.973 bits per heavy atom. The molecule has 2 aliphatic heterocycles. The topological polar surface area (TPSA) is 76.2 Å². The molecular weight excluding hydrogens is 466 g/mol. The number of carbonyl (C=O) groups is 3. The largest absolute Gasteiger partial charge is 0.334 e. The van der Waals surface area contributed by atoms with Gasteiger partial charge in [0.25, 0.3) is 0 Å². The van der Waals surface area contributed by atoms with Crippen LogP contribution >= 0.6 is 0 Å². The van der Waals surface area contributed by atoms with Gasteiger partial charge in [-0.15, -0.1) is 0 Å². The maximum atomic E-state index is 13.7. The highest BCUT2D eigenvalue weighted by molar-refractivity contribution is 5.92. The third kappa shape index (κ3) is 4.89. The third-order valence-corrected chi connectivity index (χ3v) is 7.24. The predicted octanol–water partition coefficient (Wildman–Crippen LogP) is 3.58. The van der Waals surface area contributed by atoms with E-state index in [2.05, 4.69) is 23.5 Å². The first-order valence-electron chi connectivity index (χ1n) is 12.9. The smallest absolute Gasteiger partial charge is 0.333 e. The molecule has 0 radical (unpaired) electrons. The van der Waals surface area contributed by atoms with E-state index >= 15 is 0 Å². The van der Waals surface area contributed by atoms with Gasteiger partial charge in [-0.05, 0) is 28.3 Å². The number of hydrazine groups is 1. The van der Waals surface area contributed by atoms with Crippen molar-refractivity contribution in [2.75, 3.05) is 20.1 Å². The zero-order valence-corrected chi connectivity index (χ0v) is 21.3. The summed E-state index contributed by atoms with van der Waals surface area (Å²) in [5, 5.41) is 8.48. The molecule has 0 aliphatic carbocycles. The zero-order valence-electron chi connectivity index (χ0n) is 21.3. The minimum absolute atomic E-state index is 0.0477. The van der Waals surface area contributed by atoms with Crippen molar-refractivity contribution >= 4 is 28.6 Å². The number of carbonyl (C=O) groups excluding carboxylic acids is 3. The number of hydrogen-bond acceptors (Lipinski definition) is 4. The molecule has 3 aromatic carbocycles. The van der Waals surface area contributed by atoms with Crippen molar-refractivity contribution in [3.05, 3.63) is 83.9 Å². The highest BCUT2D eigenvalue weighted by atomic mass is 16.2. The summed E-state index contributed by atoms with van der Waals surface area (Å²) in [6, 6.07) is 23.1. The number of rotatable bonds is 6. The van der Waals surface area contributed by atoms with Gasteiger partial charge in [0, 0.05) is 20.1 Å². The van der Waals surface area contributed by atoms with E-state index in [-0.39, 0.29) is 30.9 Å². The van der Waals surface area contributed by atoms with Gasteiger partial charge in [-0.2, -0.15) is 0 Å². The van der Waals surface area contributed by atoms with Crippen molar-refractivity contribution in [1.29, 1.82) is 0 Å². The lowest BCUT2D eigenvalue weighted by molar-refractivity contribution is -0.188. The molecular formula is C29H33N5O3. The van der Waals surface area contributed by atoms with Crippen LogP contribution in [-0.4, -0.2) is 70.0 Å². The Kier molecular flexibility index (Phi) is 7.10. The number of nitrogens with one attached hydrogen (secondary N) is 1. The van der Waals surface area contributed by atoms with Crippen molar-refractivity contribution < 1.29 is 14.4 Å². The summed E-state index contributed by atoms with van der Waals surface area (Å²) >= 11 is 0. The fourth-order valence-corrected chi connectivity index (χ4v) is 5.49. The Bertz CT molecular complexity index is 1290. The van der Waals surface area contributed by atoms with Crippen LogP contribution in [0.5, 0.6) is 0 Å². The van der Waals surface area contributed by atoms with E-state index in [0.29, 0.717) is 19.5 Å². The summed E-state index contributed by atoms with van der Waals surface area (Å²) in [7, 11) is 1.75. The lowest BCUT2D eigenvalue weighted by atomic mass is 10.00. The first-order valence-corrected chi connectivity index (χ1v) is 12.9. The van der Waals surface area contributed by atoms with Crippen molar-refractivity contribution in [3.8, 4) is 0 Å². The first kappa shape index (κ1) is 24.8. The molecule has 0 aromatic heterocycles. The van der Waals surface area contributed by atoms with Crippen LogP contribution in [0.1, 0.15) is 30.9 Å². The normalized spacial score (nSPS) is 20.3. The molecule has 1 unspecified atom stereocenters. The Labute approximate surface area is 217 Å². The molecule has 0 saturated carbocycles. The quantitative estimate of drug-likeness (QED) is 0.563. The summed E-state index contributed by atoms with van der Waals surface area (Å²) in [6.07, 6.45) is 0.729. The number of amides is 4. The van der Waals surface area contributed by atoms with E-state index in [1.807, 2.05) is 66.4 Å². The molecule has 37 heavy (non-hydrogen) atoms. The predicted molar refractivity (Wildman–Crippen MR) is 142 cm³/mol. The van der Waals surface area contributed by atoms with Gasteiger partial charge in [0.15, 0.2) is 0 Å². The molecule has 192 valence electrons. The second-order valence-electron chi connectivity index (χ2n) is 9.75. The minimum Gasteiger partial charge on any atom is -0.333 e. The number of urea groups is 1. The lowest BCUT2D eigenvalue weighted by Crippen LogP contribution is -2.75. The van der Waals surface area contributed by atoms with E-state index < -0.39 is 12.2 Å². The van der Waals surface area contributed by atoms with Crippen LogP contribution in [0.25, 0.3) is 10.8 Å². The minimum atomic E-state index is -0.593.